The van der Waals surface area contributed by atoms with E-state index in [1.165, 1.54) is 0 Å². The average molecular weight is 646 g/mol. The van der Waals surface area contributed by atoms with Crippen LogP contribution in [0.1, 0.15) is 18.1 Å². The lowest BCUT2D eigenvalue weighted by atomic mass is 10.2. The summed E-state index contributed by atoms with van der Waals surface area (Å²) in [7, 11) is 0. The third kappa shape index (κ3) is 8.24. The first-order chi connectivity index (χ1) is 17.5. The van der Waals surface area contributed by atoms with Gasteiger partial charge in [-0.1, -0.05) is 59.2 Å². The Hall–Kier alpha value is -2.01. The Balaban J connectivity index is 0.00000380. The van der Waals surface area contributed by atoms with E-state index in [4.69, 9.17) is 32.7 Å². The van der Waals surface area contributed by atoms with Gasteiger partial charge in [-0.05, 0) is 75.2 Å². The Bertz CT molecular complexity index is 1300. The number of benzene rings is 3. The van der Waals surface area contributed by atoms with Crippen molar-refractivity contribution in [3.05, 3.63) is 86.3 Å². The van der Waals surface area contributed by atoms with Crippen LogP contribution < -0.4 is 14.8 Å². The molecule has 1 heterocycles. The molecule has 4 aromatic rings. The Morgan fingerprint density at radius 2 is 1.86 bits per heavy atom. The molecule has 0 saturated heterocycles. The predicted octanol–water partition coefficient (Wildman–Crippen LogP) is 7.01. The standard InChI is InChI=1S/C25H24BrCl2N5O2S.ClH/c1-2-34-23-13-17(12-21(26)24(23)35-16-18-8-9-19(27)14-22(18)28)15-29-10-11-36-25-30-31-32-33(25)20-6-4-3-5-7-20;/h3-9,12-14,29H,2,10-11,15-16H2,1H3;1H. The van der Waals surface area contributed by atoms with Crippen LogP contribution in [0.3, 0.4) is 0 Å². The number of ether oxygens (including phenoxy) is 2. The van der Waals surface area contributed by atoms with Crippen LogP contribution in [0, 0.1) is 0 Å². The first-order valence-electron chi connectivity index (χ1n) is 11.2. The molecule has 0 spiro atoms. The highest BCUT2D eigenvalue weighted by atomic mass is 79.9. The van der Waals surface area contributed by atoms with Gasteiger partial charge in [0.1, 0.15) is 6.61 Å². The summed E-state index contributed by atoms with van der Waals surface area (Å²) in [5.74, 6) is 2.12. The van der Waals surface area contributed by atoms with Gasteiger partial charge in [-0.3, -0.25) is 0 Å². The van der Waals surface area contributed by atoms with Crippen molar-refractivity contribution in [2.45, 2.75) is 25.2 Å². The SMILES string of the molecule is CCOc1cc(CNCCSc2nnnn2-c2ccccc2)cc(Br)c1OCc1ccc(Cl)cc1Cl.Cl. The lowest BCUT2D eigenvalue weighted by molar-refractivity contribution is 0.267. The highest BCUT2D eigenvalue weighted by Crippen LogP contribution is 2.38. The van der Waals surface area contributed by atoms with E-state index in [2.05, 4.69) is 36.8 Å². The van der Waals surface area contributed by atoms with Crippen molar-refractivity contribution >= 4 is 63.3 Å². The maximum Gasteiger partial charge on any atom is 0.214 e. The molecule has 7 nitrogen and oxygen atoms in total. The van der Waals surface area contributed by atoms with Crippen LogP contribution >= 0.6 is 63.3 Å². The van der Waals surface area contributed by atoms with Crippen LogP contribution in [0.4, 0.5) is 0 Å². The van der Waals surface area contributed by atoms with Crippen molar-refractivity contribution in [3.8, 4) is 17.2 Å². The molecule has 0 bridgehead atoms. The monoisotopic (exact) mass is 643 g/mol. The molecule has 0 saturated carbocycles. The highest BCUT2D eigenvalue weighted by Gasteiger charge is 2.14. The van der Waals surface area contributed by atoms with Gasteiger partial charge in [-0.15, -0.1) is 17.5 Å². The molecule has 0 aliphatic rings. The summed E-state index contributed by atoms with van der Waals surface area (Å²) in [4.78, 5) is 0. The summed E-state index contributed by atoms with van der Waals surface area (Å²) in [6, 6.07) is 19.2. The van der Waals surface area contributed by atoms with Gasteiger partial charge in [-0.25, -0.2) is 0 Å². The fraction of sp³-hybridized carbons (Fsp3) is 0.240. The molecule has 3 aromatic carbocycles. The van der Waals surface area contributed by atoms with Gasteiger partial charge in [0.25, 0.3) is 0 Å². The number of aromatic nitrogens is 4. The van der Waals surface area contributed by atoms with Crippen molar-refractivity contribution in [3.63, 3.8) is 0 Å². The number of nitrogens with one attached hydrogen (secondary N) is 1. The van der Waals surface area contributed by atoms with E-state index in [0.29, 0.717) is 41.3 Å². The molecule has 0 aliphatic heterocycles. The predicted molar refractivity (Wildman–Crippen MR) is 155 cm³/mol. The van der Waals surface area contributed by atoms with Crippen LogP contribution in [0.15, 0.2) is 70.3 Å². The van der Waals surface area contributed by atoms with Crippen LogP contribution in [0.25, 0.3) is 5.69 Å². The largest absolute Gasteiger partial charge is 0.490 e. The van der Waals surface area contributed by atoms with E-state index in [1.807, 2.05) is 55.5 Å². The first-order valence-corrected chi connectivity index (χ1v) is 13.8. The number of nitrogens with zero attached hydrogens (tertiary/aromatic N) is 4. The van der Waals surface area contributed by atoms with Gasteiger partial charge in [0, 0.05) is 34.5 Å². The van der Waals surface area contributed by atoms with Crippen LogP contribution in [-0.4, -0.2) is 39.1 Å². The third-order valence-corrected chi connectivity index (χ3v) is 7.13. The molecule has 0 amide bonds. The van der Waals surface area contributed by atoms with Gasteiger partial charge >= 0.3 is 0 Å². The zero-order valence-electron chi connectivity index (χ0n) is 19.9. The smallest absolute Gasteiger partial charge is 0.214 e. The summed E-state index contributed by atoms with van der Waals surface area (Å²) >= 11 is 17.5. The number of hydrogen-bond donors (Lipinski definition) is 1. The minimum absolute atomic E-state index is 0. The van der Waals surface area contributed by atoms with E-state index >= 15 is 0 Å². The molecule has 0 fully saturated rings. The lowest BCUT2D eigenvalue weighted by Crippen LogP contribution is -2.17. The molecule has 0 unspecified atom stereocenters. The van der Waals surface area contributed by atoms with Gasteiger partial charge in [0.05, 0.1) is 16.8 Å². The molecule has 12 heteroatoms. The maximum atomic E-state index is 6.29. The van der Waals surface area contributed by atoms with Gasteiger partial charge in [0.15, 0.2) is 11.5 Å². The Kier molecular flexibility index (Phi) is 11.8. The molecule has 1 aromatic heterocycles. The summed E-state index contributed by atoms with van der Waals surface area (Å²) in [5, 5.41) is 17.4. The molecule has 0 radical (unpaired) electrons. The number of rotatable bonds is 12. The van der Waals surface area contributed by atoms with E-state index in [0.717, 1.165) is 38.7 Å². The van der Waals surface area contributed by atoms with Crippen LogP contribution in [0.2, 0.25) is 10.0 Å². The topological polar surface area (TPSA) is 74.1 Å². The zero-order chi connectivity index (χ0) is 25.3. The quantitative estimate of drug-likeness (QED) is 0.131. The number of hydrogen-bond acceptors (Lipinski definition) is 7. The van der Waals surface area contributed by atoms with Gasteiger partial charge in [-0.2, -0.15) is 4.68 Å². The summed E-state index contributed by atoms with van der Waals surface area (Å²) in [5.41, 5.74) is 2.85. The van der Waals surface area contributed by atoms with Crippen molar-refractivity contribution in [1.82, 2.24) is 25.5 Å². The maximum absolute atomic E-state index is 6.29. The molecule has 0 aliphatic carbocycles. The summed E-state index contributed by atoms with van der Waals surface area (Å²) in [6.07, 6.45) is 0. The molecule has 0 atom stereocenters. The molecule has 37 heavy (non-hydrogen) atoms. The van der Waals surface area contributed by atoms with E-state index in [9.17, 15) is 0 Å². The average Bonchev–Trinajstić information content (AvgIpc) is 3.34. The minimum Gasteiger partial charge on any atom is -0.490 e. The van der Waals surface area contributed by atoms with E-state index < -0.39 is 0 Å². The molecule has 1 N–H and O–H groups in total. The molecule has 4 rings (SSSR count). The fourth-order valence-electron chi connectivity index (χ4n) is 3.36. The highest BCUT2D eigenvalue weighted by molar-refractivity contribution is 9.10. The second-order valence-electron chi connectivity index (χ2n) is 7.60. The molecular weight excluding hydrogens is 621 g/mol. The number of halogens is 4. The van der Waals surface area contributed by atoms with Crippen molar-refractivity contribution < 1.29 is 9.47 Å². The van der Waals surface area contributed by atoms with Crippen molar-refractivity contribution in [2.75, 3.05) is 18.9 Å². The second kappa shape index (κ2) is 14.8. The minimum atomic E-state index is 0. The summed E-state index contributed by atoms with van der Waals surface area (Å²) in [6.45, 7) is 4.21. The fourth-order valence-corrected chi connectivity index (χ4v) is 5.22. The lowest BCUT2D eigenvalue weighted by Gasteiger charge is -2.16. The van der Waals surface area contributed by atoms with Gasteiger partial charge < -0.3 is 14.8 Å². The Labute approximate surface area is 244 Å². The van der Waals surface area contributed by atoms with Crippen molar-refractivity contribution in [1.29, 1.82) is 0 Å². The zero-order valence-corrected chi connectivity index (χ0v) is 24.6. The van der Waals surface area contributed by atoms with E-state index in [1.54, 1.807) is 28.6 Å². The first kappa shape index (κ1) is 29.5. The molecular formula is C25H25BrCl3N5O2S. The number of thioether (sulfide) groups is 1. The Morgan fingerprint density at radius 3 is 2.62 bits per heavy atom. The van der Waals surface area contributed by atoms with E-state index in [-0.39, 0.29) is 12.4 Å². The number of tetrazole rings is 1. The van der Waals surface area contributed by atoms with Crippen molar-refractivity contribution in [2.24, 2.45) is 0 Å². The van der Waals surface area contributed by atoms with Crippen LogP contribution in [-0.2, 0) is 13.2 Å². The summed E-state index contributed by atoms with van der Waals surface area (Å²) < 4.78 is 14.5. The molecule has 196 valence electrons. The third-order valence-electron chi connectivity index (χ3n) is 5.04. The number of para-hydroxylation sites is 1. The normalized spacial score (nSPS) is 10.7. The Morgan fingerprint density at radius 1 is 1.05 bits per heavy atom. The van der Waals surface area contributed by atoms with Crippen LogP contribution in [0.5, 0.6) is 11.5 Å². The van der Waals surface area contributed by atoms with Gasteiger partial charge in [0.2, 0.25) is 5.16 Å². The second-order valence-corrected chi connectivity index (χ2v) is 10.4.